The Balaban J connectivity index is 1.97. The first kappa shape index (κ1) is 21.7. The number of nitrogens with zero attached hydrogens (tertiary/aromatic N) is 2. The number of anilines is 2. The second-order valence-corrected chi connectivity index (χ2v) is 8.35. The third-order valence-electron chi connectivity index (χ3n) is 4.58. The number of aromatic nitrogens is 2. The van der Waals surface area contributed by atoms with Crippen molar-refractivity contribution in [2.75, 3.05) is 24.7 Å². The Morgan fingerprint density at radius 1 is 1.23 bits per heavy atom. The van der Waals surface area contributed by atoms with E-state index in [1.54, 1.807) is 19.1 Å². The molecular formula is C21H25N5O3S. The van der Waals surface area contributed by atoms with Gasteiger partial charge in [0.15, 0.2) is 0 Å². The van der Waals surface area contributed by atoms with Crippen molar-refractivity contribution in [2.45, 2.75) is 33.7 Å². The van der Waals surface area contributed by atoms with E-state index in [4.69, 9.17) is 0 Å². The molecule has 3 aromatic rings. The highest BCUT2D eigenvalue weighted by atomic mass is 32.1. The normalized spacial score (nSPS) is 11.1. The summed E-state index contributed by atoms with van der Waals surface area (Å²) in [5, 5.41) is 6.10. The Hall–Kier alpha value is -3.04. The van der Waals surface area contributed by atoms with E-state index < -0.39 is 0 Å². The van der Waals surface area contributed by atoms with E-state index in [2.05, 4.69) is 20.6 Å². The third kappa shape index (κ3) is 4.58. The summed E-state index contributed by atoms with van der Waals surface area (Å²) in [6.07, 6.45) is 0.719. The summed E-state index contributed by atoms with van der Waals surface area (Å²) in [6, 6.07) is 5.41. The Morgan fingerprint density at radius 2 is 1.97 bits per heavy atom. The number of benzene rings is 1. The zero-order valence-corrected chi connectivity index (χ0v) is 18.5. The summed E-state index contributed by atoms with van der Waals surface area (Å²) in [5.41, 5.74) is 2.54. The monoisotopic (exact) mass is 427 g/mol. The first-order chi connectivity index (χ1) is 14.2. The Kier molecular flexibility index (Phi) is 6.33. The van der Waals surface area contributed by atoms with Crippen LogP contribution in [-0.4, -0.2) is 40.8 Å². The molecule has 30 heavy (non-hydrogen) atoms. The summed E-state index contributed by atoms with van der Waals surface area (Å²) < 4.78 is 0. The van der Waals surface area contributed by atoms with Crippen molar-refractivity contribution in [3.8, 4) is 0 Å². The van der Waals surface area contributed by atoms with Gasteiger partial charge >= 0.3 is 0 Å². The summed E-state index contributed by atoms with van der Waals surface area (Å²) >= 11 is 1.20. The SMILES string of the molecule is CCc1ccc(NC(C)=O)cc1NC(=O)c1sc2nc(CN(C)C)[nH]c(=O)c2c1C. The molecule has 0 aliphatic carbocycles. The minimum Gasteiger partial charge on any atom is -0.326 e. The van der Waals surface area contributed by atoms with E-state index in [0.717, 1.165) is 12.0 Å². The molecule has 2 amide bonds. The van der Waals surface area contributed by atoms with Crippen LogP contribution in [0.3, 0.4) is 0 Å². The molecule has 0 aliphatic heterocycles. The number of aryl methyl sites for hydroxylation is 2. The van der Waals surface area contributed by atoms with Crippen molar-refractivity contribution in [1.82, 2.24) is 14.9 Å². The molecule has 0 fully saturated rings. The molecule has 0 saturated heterocycles. The minimum absolute atomic E-state index is 0.185. The molecule has 2 aromatic heterocycles. The van der Waals surface area contributed by atoms with Gasteiger partial charge in [0.05, 0.1) is 16.8 Å². The van der Waals surface area contributed by atoms with Gasteiger partial charge in [0, 0.05) is 18.3 Å². The Bertz CT molecular complexity index is 1180. The molecule has 0 bridgehead atoms. The molecule has 3 N–H and O–H groups in total. The van der Waals surface area contributed by atoms with Gasteiger partial charge in [-0.05, 0) is 50.7 Å². The lowest BCUT2D eigenvalue weighted by atomic mass is 10.1. The molecule has 8 nitrogen and oxygen atoms in total. The van der Waals surface area contributed by atoms with Gasteiger partial charge in [-0.15, -0.1) is 11.3 Å². The number of fused-ring (bicyclic) bond motifs is 1. The van der Waals surface area contributed by atoms with Crippen molar-refractivity contribution in [3.63, 3.8) is 0 Å². The zero-order chi connectivity index (χ0) is 22.0. The molecular weight excluding hydrogens is 402 g/mol. The first-order valence-corrected chi connectivity index (χ1v) is 10.4. The lowest BCUT2D eigenvalue weighted by Crippen LogP contribution is -2.18. The van der Waals surface area contributed by atoms with Gasteiger partial charge < -0.3 is 20.5 Å². The van der Waals surface area contributed by atoms with Crippen molar-refractivity contribution in [2.24, 2.45) is 0 Å². The van der Waals surface area contributed by atoms with Gasteiger partial charge in [0.2, 0.25) is 5.91 Å². The van der Waals surface area contributed by atoms with Crippen LogP contribution in [0.5, 0.6) is 0 Å². The van der Waals surface area contributed by atoms with Crippen LogP contribution in [0.1, 0.15) is 40.5 Å². The van der Waals surface area contributed by atoms with Gasteiger partial charge in [-0.3, -0.25) is 14.4 Å². The molecule has 9 heteroatoms. The number of hydrogen-bond donors (Lipinski definition) is 3. The molecule has 0 atom stereocenters. The molecule has 3 rings (SSSR count). The van der Waals surface area contributed by atoms with Crippen LogP contribution < -0.4 is 16.2 Å². The second kappa shape index (κ2) is 8.76. The van der Waals surface area contributed by atoms with Gasteiger partial charge in [0.1, 0.15) is 10.7 Å². The van der Waals surface area contributed by atoms with Crippen LogP contribution in [0.15, 0.2) is 23.0 Å². The first-order valence-electron chi connectivity index (χ1n) is 9.58. The number of carbonyl (C=O) groups is 2. The predicted molar refractivity (Wildman–Crippen MR) is 120 cm³/mol. The maximum Gasteiger partial charge on any atom is 0.266 e. The summed E-state index contributed by atoms with van der Waals surface area (Å²) in [5.74, 6) is 0.0661. The lowest BCUT2D eigenvalue weighted by Gasteiger charge is -2.12. The largest absolute Gasteiger partial charge is 0.326 e. The van der Waals surface area contributed by atoms with Gasteiger partial charge in [0.25, 0.3) is 11.5 Å². The van der Waals surface area contributed by atoms with E-state index in [9.17, 15) is 14.4 Å². The molecule has 2 heterocycles. The predicted octanol–water partition coefficient (Wildman–Crippen LogP) is 3.13. The third-order valence-corrected chi connectivity index (χ3v) is 5.77. The zero-order valence-electron chi connectivity index (χ0n) is 17.7. The van der Waals surface area contributed by atoms with Crippen LogP contribution in [0.4, 0.5) is 11.4 Å². The number of nitrogens with one attached hydrogen (secondary N) is 3. The standard InChI is InChI=1S/C21H25N5O3S/c1-6-13-7-8-14(22-12(3)27)9-15(13)23-20(29)18-11(2)17-19(28)24-16(10-26(4)5)25-21(17)30-18/h7-9H,6,10H2,1-5H3,(H,22,27)(H,23,29)(H,24,25,28). The summed E-state index contributed by atoms with van der Waals surface area (Å²) in [7, 11) is 3.78. The van der Waals surface area contributed by atoms with Gasteiger partial charge in [-0.2, -0.15) is 0 Å². The van der Waals surface area contributed by atoms with Crippen LogP contribution in [0, 0.1) is 6.92 Å². The average Bonchev–Trinajstić information content (AvgIpc) is 2.98. The maximum absolute atomic E-state index is 13.0. The molecule has 0 saturated carbocycles. The topological polar surface area (TPSA) is 107 Å². The quantitative estimate of drug-likeness (QED) is 0.560. The van der Waals surface area contributed by atoms with E-state index >= 15 is 0 Å². The van der Waals surface area contributed by atoms with Crippen LogP contribution >= 0.6 is 11.3 Å². The lowest BCUT2D eigenvalue weighted by molar-refractivity contribution is -0.114. The number of hydrogen-bond acceptors (Lipinski definition) is 6. The van der Waals surface area contributed by atoms with Crippen LogP contribution in [-0.2, 0) is 17.8 Å². The Labute approximate surface area is 178 Å². The van der Waals surface area contributed by atoms with E-state index in [1.165, 1.54) is 18.3 Å². The fourth-order valence-corrected chi connectivity index (χ4v) is 4.34. The molecule has 158 valence electrons. The van der Waals surface area contributed by atoms with Gasteiger partial charge in [-0.25, -0.2) is 4.98 Å². The van der Waals surface area contributed by atoms with Gasteiger partial charge in [-0.1, -0.05) is 13.0 Å². The second-order valence-electron chi connectivity index (χ2n) is 7.35. The summed E-state index contributed by atoms with van der Waals surface area (Å²) in [4.78, 5) is 47.2. The highest BCUT2D eigenvalue weighted by Gasteiger charge is 2.20. The highest BCUT2D eigenvalue weighted by Crippen LogP contribution is 2.29. The number of carbonyl (C=O) groups excluding carboxylic acids is 2. The smallest absolute Gasteiger partial charge is 0.266 e. The molecule has 0 aliphatic rings. The molecule has 0 spiro atoms. The van der Waals surface area contributed by atoms with E-state index in [0.29, 0.717) is 44.4 Å². The van der Waals surface area contributed by atoms with Crippen molar-refractivity contribution < 1.29 is 9.59 Å². The van der Waals surface area contributed by atoms with Crippen molar-refractivity contribution in [3.05, 3.63) is 50.4 Å². The van der Waals surface area contributed by atoms with Crippen LogP contribution in [0.25, 0.3) is 10.2 Å². The van der Waals surface area contributed by atoms with E-state index in [1.807, 2.05) is 32.0 Å². The average molecular weight is 428 g/mol. The minimum atomic E-state index is -0.307. The van der Waals surface area contributed by atoms with Crippen LogP contribution in [0.2, 0.25) is 0 Å². The molecule has 0 unspecified atom stereocenters. The molecule has 1 aromatic carbocycles. The fourth-order valence-electron chi connectivity index (χ4n) is 3.24. The number of aromatic amines is 1. The number of H-pyrrole nitrogens is 1. The summed E-state index contributed by atoms with van der Waals surface area (Å²) in [6.45, 7) is 5.68. The van der Waals surface area contributed by atoms with Crippen molar-refractivity contribution >= 4 is 44.7 Å². The maximum atomic E-state index is 13.0. The Morgan fingerprint density at radius 3 is 2.60 bits per heavy atom. The number of rotatable bonds is 6. The highest BCUT2D eigenvalue weighted by molar-refractivity contribution is 7.20. The fraction of sp³-hybridized carbons (Fsp3) is 0.333. The van der Waals surface area contributed by atoms with Crippen molar-refractivity contribution in [1.29, 1.82) is 0 Å². The number of amides is 2. The molecule has 0 radical (unpaired) electrons. The number of thiophene rings is 1. The van der Waals surface area contributed by atoms with E-state index in [-0.39, 0.29) is 17.4 Å².